The van der Waals surface area contributed by atoms with Gasteiger partial charge in [-0.15, -0.1) is 11.8 Å². The van der Waals surface area contributed by atoms with E-state index in [1.807, 2.05) is 24.3 Å². The third kappa shape index (κ3) is 3.24. The number of aromatic amines is 1. The van der Waals surface area contributed by atoms with Crippen molar-refractivity contribution in [3.05, 3.63) is 69.2 Å². The summed E-state index contributed by atoms with van der Waals surface area (Å²) in [5.41, 5.74) is 0.154. The molecule has 0 aliphatic rings. The highest BCUT2D eigenvalue weighted by Crippen LogP contribution is 2.31. The highest BCUT2D eigenvalue weighted by atomic mass is 32.2. The van der Waals surface area contributed by atoms with E-state index in [1.54, 1.807) is 36.0 Å². The van der Waals surface area contributed by atoms with Gasteiger partial charge in [0.2, 0.25) is 0 Å². The van der Waals surface area contributed by atoms with E-state index in [9.17, 15) is 9.59 Å². The molecule has 5 heteroatoms. The van der Waals surface area contributed by atoms with Gasteiger partial charge in [0.15, 0.2) is 0 Å². The molecule has 0 aliphatic heterocycles. The van der Waals surface area contributed by atoms with Gasteiger partial charge in [-0.05, 0) is 36.4 Å². The Morgan fingerprint density at radius 2 is 1.52 bits per heavy atom. The summed E-state index contributed by atoms with van der Waals surface area (Å²) in [6.07, 6.45) is 0. The van der Waals surface area contributed by atoms with Crippen molar-refractivity contribution in [2.75, 3.05) is 0 Å². The molecule has 118 valence electrons. The van der Waals surface area contributed by atoms with Crippen LogP contribution in [-0.4, -0.2) is 14.5 Å². The smallest absolute Gasteiger partial charge is 0.267 e. The summed E-state index contributed by atoms with van der Waals surface area (Å²) >= 11 is 1.76. The number of aromatic nitrogens is 2. The molecule has 0 saturated carbocycles. The maximum Gasteiger partial charge on any atom is 0.277 e. The number of hydrogen-bond donors (Lipinski definition) is 1. The minimum Gasteiger partial charge on any atom is -0.267 e. The summed E-state index contributed by atoms with van der Waals surface area (Å²) in [6, 6.07) is 14.5. The quantitative estimate of drug-likeness (QED) is 0.733. The molecular formula is C18H18N2O2S. The molecule has 1 heterocycles. The summed E-state index contributed by atoms with van der Waals surface area (Å²) in [5.74, 6) is 0. The van der Waals surface area contributed by atoms with Gasteiger partial charge >= 0.3 is 0 Å². The van der Waals surface area contributed by atoms with Crippen molar-refractivity contribution < 1.29 is 0 Å². The largest absolute Gasteiger partial charge is 0.277 e. The van der Waals surface area contributed by atoms with Crippen LogP contribution in [0, 0.1) is 0 Å². The first-order chi connectivity index (χ1) is 10.8. The Labute approximate surface area is 138 Å². The van der Waals surface area contributed by atoms with Crippen molar-refractivity contribution in [2.24, 2.45) is 0 Å². The number of thioether (sulfide) groups is 1. The highest BCUT2D eigenvalue weighted by Gasteiger charge is 2.12. The van der Waals surface area contributed by atoms with Gasteiger partial charge in [0.1, 0.15) is 0 Å². The lowest BCUT2D eigenvalue weighted by Crippen LogP contribution is -2.28. The van der Waals surface area contributed by atoms with Crippen molar-refractivity contribution in [3.8, 4) is 5.69 Å². The van der Waals surface area contributed by atoms with E-state index in [4.69, 9.17) is 0 Å². The second-order valence-electron chi connectivity index (χ2n) is 6.34. The number of hydrogen-bond acceptors (Lipinski definition) is 3. The first kappa shape index (κ1) is 15.6. The van der Waals surface area contributed by atoms with Gasteiger partial charge in [0, 0.05) is 9.64 Å². The van der Waals surface area contributed by atoms with E-state index in [2.05, 4.69) is 25.9 Å². The minimum absolute atomic E-state index is 0.121. The molecule has 1 aromatic heterocycles. The molecule has 0 amide bonds. The molecule has 0 unspecified atom stereocenters. The number of nitrogens with one attached hydrogen (secondary N) is 1. The zero-order chi connectivity index (χ0) is 16.6. The van der Waals surface area contributed by atoms with Crippen LogP contribution in [-0.2, 0) is 0 Å². The lowest BCUT2D eigenvalue weighted by atomic mass is 10.2. The molecule has 0 bridgehead atoms. The predicted molar refractivity (Wildman–Crippen MR) is 95.8 cm³/mol. The number of nitrogens with zero attached hydrogens (tertiary/aromatic N) is 1. The lowest BCUT2D eigenvalue weighted by Gasteiger charge is -2.17. The molecule has 3 aromatic rings. The molecule has 4 nitrogen and oxygen atoms in total. The molecule has 0 atom stereocenters. The average Bonchev–Trinajstić information content (AvgIpc) is 2.50. The Bertz CT molecular complexity index is 963. The van der Waals surface area contributed by atoms with Gasteiger partial charge in [-0.2, -0.15) is 0 Å². The lowest BCUT2D eigenvalue weighted by molar-refractivity contribution is 0.797. The molecule has 2 aromatic carbocycles. The first-order valence-corrected chi connectivity index (χ1v) is 8.20. The fraction of sp³-hybridized carbons (Fsp3) is 0.222. The number of fused-ring (bicyclic) bond motifs is 1. The van der Waals surface area contributed by atoms with Crippen LogP contribution in [0.4, 0.5) is 0 Å². The number of rotatable bonds is 2. The maximum atomic E-state index is 12.6. The summed E-state index contributed by atoms with van der Waals surface area (Å²) in [5, 5.41) is 3.48. The molecule has 0 spiro atoms. The summed E-state index contributed by atoms with van der Waals surface area (Å²) in [6.45, 7) is 6.45. The second kappa shape index (κ2) is 5.74. The van der Waals surface area contributed by atoms with Crippen LogP contribution in [0.5, 0.6) is 0 Å². The normalized spacial score (nSPS) is 11.8. The van der Waals surface area contributed by atoms with Gasteiger partial charge < -0.3 is 0 Å². The Hall–Kier alpha value is -2.27. The predicted octanol–water partition coefficient (Wildman–Crippen LogP) is 3.57. The van der Waals surface area contributed by atoms with E-state index in [0.29, 0.717) is 16.5 Å². The van der Waals surface area contributed by atoms with Crippen LogP contribution in [0.25, 0.3) is 16.5 Å². The first-order valence-electron chi connectivity index (χ1n) is 7.39. The van der Waals surface area contributed by atoms with Crippen molar-refractivity contribution in [3.63, 3.8) is 0 Å². The topological polar surface area (TPSA) is 54.9 Å². The van der Waals surface area contributed by atoms with Crippen LogP contribution in [0.1, 0.15) is 20.8 Å². The van der Waals surface area contributed by atoms with E-state index < -0.39 is 0 Å². The van der Waals surface area contributed by atoms with Crippen molar-refractivity contribution >= 4 is 22.5 Å². The average molecular weight is 326 g/mol. The van der Waals surface area contributed by atoms with Crippen LogP contribution in [0.15, 0.2) is 63.0 Å². The van der Waals surface area contributed by atoms with Crippen LogP contribution in [0.2, 0.25) is 0 Å². The van der Waals surface area contributed by atoms with Gasteiger partial charge in [0.25, 0.3) is 11.1 Å². The summed E-state index contributed by atoms with van der Waals surface area (Å²) < 4.78 is 1.42. The minimum atomic E-state index is -0.270. The Morgan fingerprint density at radius 3 is 2.13 bits per heavy atom. The Morgan fingerprint density at radius 1 is 0.913 bits per heavy atom. The van der Waals surface area contributed by atoms with Crippen molar-refractivity contribution in [2.45, 2.75) is 30.4 Å². The molecule has 0 saturated heterocycles. The molecule has 0 aliphatic carbocycles. The molecule has 1 N–H and O–H groups in total. The highest BCUT2D eigenvalue weighted by molar-refractivity contribution is 8.00. The second-order valence-corrected chi connectivity index (χ2v) is 8.24. The maximum absolute atomic E-state index is 12.6. The van der Waals surface area contributed by atoms with Gasteiger partial charge in [-0.25, -0.2) is 4.68 Å². The fourth-order valence-electron chi connectivity index (χ4n) is 2.40. The SMILES string of the molecule is CC(C)(C)Sc1ccc(-n2[nH]c(=O)c3ccccc3c2=O)cc1. The van der Waals surface area contributed by atoms with Crippen LogP contribution >= 0.6 is 11.8 Å². The Kier molecular flexibility index (Phi) is 3.90. The monoisotopic (exact) mass is 326 g/mol. The third-order valence-electron chi connectivity index (χ3n) is 3.34. The molecule has 0 fully saturated rings. The Balaban J connectivity index is 2.09. The number of benzene rings is 2. The van der Waals surface area contributed by atoms with E-state index in [0.717, 1.165) is 4.90 Å². The van der Waals surface area contributed by atoms with Crippen LogP contribution < -0.4 is 11.1 Å². The van der Waals surface area contributed by atoms with Crippen LogP contribution in [0.3, 0.4) is 0 Å². The van der Waals surface area contributed by atoms with Crippen molar-refractivity contribution in [1.29, 1.82) is 0 Å². The molecular weight excluding hydrogens is 308 g/mol. The zero-order valence-corrected chi connectivity index (χ0v) is 14.1. The van der Waals surface area contributed by atoms with Gasteiger partial charge in [0.05, 0.1) is 16.5 Å². The molecule has 3 rings (SSSR count). The molecule has 23 heavy (non-hydrogen) atoms. The van der Waals surface area contributed by atoms with Gasteiger partial charge in [-0.3, -0.25) is 14.7 Å². The van der Waals surface area contributed by atoms with E-state index in [1.165, 1.54) is 4.68 Å². The number of H-pyrrole nitrogens is 1. The third-order valence-corrected chi connectivity index (χ3v) is 4.46. The van der Waals surface area contributed by atoms with Crippen molar-refractivity contribution in [1.82, 2.24) is 9.78 Å². The van der Waals surface area contributed by atoms with Gasteiger partial charge in [-0.1, -0.05) is 32.9 Å². The van der Waals surface area contributed by atoms with E-state index in [-0.39, 0.29) is 15.9 Å². The standard InChI is InChI=1S/C18H18N2O2S/c1-18(2,3)23-13-10-8-12(9-11-13)20-17(22)15-7-5-4-6-14(15)16(21)19-20/h4-11H,1-3H3,(H,19,21). The molecule has 0 radical (unpaired) electrons. The van der Waals surface area contributed by atoms with E-state index >= 15 is 0 Å². The zero-order valence-electron chi connectivity index (χ0n) is 13.3. The summed E-state index contributed by atoms with van der Waals surface area (Å²) in [4.78, 5) is 25.9. The summed E-state index contributed by atoms with van der Waals surface area (Å²) in [7, 11) is 0. The fourth-order valence-corrected chi connectivity index (χ4v) is 3.38.